The number of carbonyl (C=O) groups is 3. The zero-order chi connectivity index (χ0) is 29.0. The van der Waals surface area contributed by atoms with E-state index in [1.54, 1.807) is 25.7 Å². The predicted octanol–water partition coefficient (Wildman–Crippen LogP) is 4.89. The molecule has 0 spiro atoms. The lowest BCUT2D eigenvalue weighted by molar-refractivity contribution is -0.274. The molecular formula is C28H34F3N3O5. The Balaban J connectivity index is 1.88. The molecule has 1 aliphatic rings. The van der Waals surface area contributed by atoms with Gasteiger partial charge < -0.3 is 25.0 Å². The van der Waals surface area contributed by atoms with Gasteiger partial charge in [-0.3, -0.25) is 9.59 Å². The van der Waals surface area contributed by atoms with Crippen LogP contribution in [0, 0.1) is 0 Å². The first kappa shape index (κ1) is 29.8. The molecule has 1 aliphatic heterocycles. The molecule has 0 aromatic heterocycles. The quantitative estimate of drug-likeness (QED) is 0.513. The molecular weight excluding hydrogens is 515 g/mol. The summed E-state index contributed by atoms with van der Waals surface area (Å²) in [5, 5.41) is 5.17. The first-order valence-electron chi connectivity index (χ1n) is 12.7. The van der Waals surface area contributed by atoms with Crippen molar-refractivity contribution in [2.75, 3.05) is 4.90 Å². The van der Waals surface area contributed by atoms with Gasteiger partial charge in [-0.2, -0.15) is 0 Å². The summed E-state index contributed by atoms with van der Waals surface area (Å²) in [6.07, 6.45) is -5.40. The average Bonchev–Trinajstić information content (AvgIpc) is 2.94. The molecule has 1 heterocycles. The van der Waals surface area contributed by atoms with Gasteiger partial charge in [0.2, 0.25) is 11.8 Å². The number of anilines is 1. The number of para-hydroxylation sites is 2. The van der Waals surface area contributed by atoms with Crippen molar-refractivity contribution in [3.63, 3.8) is 0 Å². The molecule has 0 bridgehead atoms. The van der Waals surface area contributed by atoms with E-state index in [-0.39, 0.29) is 23.9 Å². The molecule has 2 N–H and O–H groups in total. The molecule has 212 valence electrons. The Morgan fingerprint density at radius 1 is 1.05 bits per heavy atom. The molecule has 11 heteroatoms. The highest BCUT2D eigenvalue weighted by atomic mass is 19.4. The highest BCUT2D eigenvalue weighted by molar-refractivity contribution is 6.01. The van der Waals surface area contributed by atoms with Crippen molar-refractivity contribution in [2.24, 2.45) is 0 Å². The van der Waals surface area contributed by atoms with Crippen LogP contribution in [0.2, 0.25) is 0 Å². The Labute approximate surface area is 225 Å². The number of hydrogen-bond acceptors (Lipinski definition) is 5. The normalized spacial score (nSPS) is 16.7. The maximum absolute atomic E-state index is 13.5. The van der Waals surface area contributed by atoms with Crippen LogP contribution < -0.4 is 20.3 Å². The van der Waals surface area contributed by atoms with Crippen LogP contribution in [0.5, 0.6) is 5.75 Å². The maximum Gasteiger partial charge on any atom is 0.573 e. The number of halogens is 3. The van der Waals surface area contributed by atoms with Crippen LogP contribution in [-0.4, -0.2) is 48.0 Å². The number of benzene rings is 2. The topological polar surface area (TPSA) is 97.0 Å². The third-order valence-electron chi connectivity index (χ3n) is 5.95. The van der Waals surface area contributed by atoms with Crippen LogP contribution in [0.15, 0.2) is 48.5 Å². The summed E-state index contributed by atoms with van der Waals surface area (Å²) in [5.41, 5.74) is 0.867. The molecule has 3 rings (SSSR count). The molecule has 2 unspecified atom stereocenters. The van der Waals surface area contributed by atoms with Gasteiger partial charge >= 0.3 is 12.5 Å². The molecule has 2 aromatic rings. The zero-order valence-electron chi connectivity index (χ0n) is 22.6. The minimum absolute atomic E-state index is 0.0365. The summed E-state index contributed by atoms with van der Waals surface area (Å²) in [5.74, 6) is -1.56. The number of fused-ring (bicyclic) bond motifs is 1. The Bertz CT molecular complexity index is 1190. The first-order chi connectivity index (χ1) is 18.1. The van der Waals surface area contributed by atoms with Gasteiger partial charge in [0.05, 0.1) is 0 Å². The Morgan fingerprint density at radius 2 is 1.69 bits per heavy atom. The number of nitrogens with one attached hydrogen (secondary N) is 2. The second-order valence-electron chi connectivity index (χ2n) is 10.6. The van der Waals surface area contributed by atoms with Gasteiger partial charge in [0.15, 0.2) is 0 Å². The van der Waals surface area contributed by atoms with Crippen LogP contribution in [0.4, 0.5) is 23.7 Å². The van der Waals surface area contributed by atoms with E-state index in [0.717, 1.165) is 17.3 Å². The third-order valence-corrected chi connectivity index (χ3v) is 5.95. The Hall–Kier alpha value is -3.76. The Morgan fingerprint density at radius 3 is 2.33 bits per heavy atom. The van der Waals surface area contributed by atoms with Gasteiger partial charge in [0.1, 0.15) is 23.4 Å². The average molecular weight is 550 g/mol. The second kappa shape index (κ2) is 12.0. The number of amides is 3. The van der Waals surface area contributed by atoms with E-state index >= 15 is 0 Å². The number of alkyl halides is 3. The highest BCUT2D eigenvalue weighted by Crippen LogP contribution is 2.30. The summed E-state index contributed by atoms with van der Waals surface area (Å²) in [7, 11) is 0. The van der Waals surface area contributed by atoms with E-state index in [4.69, 9.17) is 4.74 Å². The van der Waals surface area contributed by atoms with E-state index in [0.29, 0.717) is 12.8 Å². The number of carbonyl (C=O) groups excluding carboxylic acids is 3. The van der Waals surface area contributed by atoms with Crippen LogP contribution in [0.3, 0.4) is 0 Å². The van der Waals surface area contributed by atoms with Gasteiger partial charge in [0, 0.05) is 18.2 Å². The monoisotopic (exact) mass is 549 g/mol. The van der Waals surface area contributed by atoms with Crippen LogP contribution in [0.25, 0.3) is 0 Å². The fourth-order valence-corrected chi connectivity index (χ4v) is 4.38. The number of rotatable bonds is 7. The minimum atomic E-state index is -4.95. The van der Waals surface area contributed by atoms with Gasteiger partial charge in [-0.05, 0) is 70.7 Å². The van der Waals surface area contributed by atoms with Gasteiger partial charge in [-0.1, -0.05) is 36.4 Å². The molecule has 3 amide bonds. The number of nitrogens with zero attached hydrogens (tertiary/aromatic N) is 1. The zero-order valence-corrected chi connectivity index (χ0v) is 22.6. The maximum atomic E-state index is 13.5. The fraction of sp³-hybridized carbons (Fsp3) is 0.464. The minimum Gasteiger partial charge on any atom is -0.444 e. The number of alkyl carbamates (subject to hydrolysis) is 1. The van der Waals surface area contributed by atoms with E-state index in [1.807, 2.05) is 38.1 Å². The molecule has 0 radical (unpaired) electrons. The van der Waals surface area contributed by atoms with E-state index < -0.39 is 41.8 Å². The smallest absolute Gasteiger partial charge is 0.444 e. The van der Waals surface area contributed by atoms with Gasteiger partial charge in [-0.15, -0.1) is 13.2 Å². The Kier molecular flexibility index (Phi) is 9.14. The first-order valence-corrected chi connectivity index (χ1v) is 12.7. The number of aryl methyl sites for hydroxylation is 1. The van der Waals surface area contributed by atoms with E-state index in [1.165, 1.54) is 18.2 Å². The van der Waals surface area contributed by atoms with Crippen molar-refractivity contribution >= 4 is 23.6 Å². The number of hydrogen-bond donors (Lipinski definition) is 2. The molecule has 0 aliphatic carbocycles. The van der Waals surface area contributed by atoms with Crippen molar-refractivity contribution in [3.8, 4) is 5.75 Å². The third kappa shape index (κ3) is 8.36. The molecule has 8 nitrogen and oxygen atoms in total. The van der Waals surface area contributed by atoms with Crippen LogP contribution in [-0.2, 0) is 27.2 Å². The number of ether oxygens (including phenoxy) is 2. The molecule has 0 saturated carbocycles. The SMILES string of the molecule is CC(C)N1C(=O)C(NC(=O)C(Cc2ccccc2OC(F)(F)F)NC(=O)OC(C)(C)C)CCc2ccccc21. The molecule has 39 heavy (non-hydrogen) atoms. The lowest BCUT2D eigenvalue weighted by Gasteiger charge is -2.30. The lowest BCUT2D eigenvalue weighted by Crippen LogP contribution is -2.56. The standard InChI is InChI=1S/C28H34F3N3O5/c1-17(2)34-22-12-8-6-10-18(22)14-15-20(25(34)36)32-24(35)21(33-26(37)39-27(3,4)5)16-19-11-7-9-13-23(19)38-28(29,30)31/h6-13,17,20-21H,14-16H2,1-5H3,(H,32,35)(H,33,37). The summed E-state index contributed by atoms with van der Waals surface area (Å²) in [4.78, 5) is 41.2. The summed E-state index contributed by atoms with van der Waals surface area (Å²) in [6, 6.07) is 10.4. The highest BCUT2D eigenvalue weighted by Gasteiger charge is 2.36. The van der Waals surface area contributed by atoms with Gasteiger partial charge in [0.25, 0.3) is 0 Å². The van der Waals surface area contributed by atoms with Crippen LogP contribution >= 0.6 is 0 Å². The molecule has 2 aromatic carbocycles. The summed E-state index contributed by atoms with van der Waals surface area (Å²) in [6.45, 7) is 8.64. The van der Waals surface area contributed by atoms with Crippen molar-refractivity contribution in [1.82, 2.24) is 10.6 Å². The van der Waals surface area contributed by atoms with Crippen molar-refractivity contribution in [2.45, 2.75) is 84.0 Å². The van der Waals surface area contributed by atoms with Gasteiger partial charge in [-0.25, -0.2) is 4.79 Å². The van der Waals surface area contributed by atoms with E-state index in [9.17, 15) is 27.6 Å². The van der Waals surface area contributed by atoms with Crippen LogP contribution in [0.1, 0.15) is 52.2 Å². The lowest BCUT2D eigenvalue weighted by atomic mass is 10.0. The summed E-state index contributed by atoms with van der Waals surface area (Å²) < 4.78 is 48.3. The fourth-order valence-electron chi connectivity index (χ4n) is 4.38. The molecule has 0 saturated heterocycles. The molecule has 2 atom stereocenters. The van der Waals surface area contributed by atoms with E-state index in [2.05, 4.69) is 15.4 Å². The summed E-state index contributed by atoms with van der Waals surface area (Å²) >= 11 is 0. The second-order valence-corrected chi connectivity index (χ2v) is 10.6. The van der Waals surface area contributed by atoms with Crippen molar-refractivity contribution in [1.29, 1.82) is 0 Å². The predicted molar refractivity (Wildman–Crippen MR) is 139 cm³/mol. The van der Waals surface area contributed by atoms with Crippen molar-refractivity contribution < 1.29 is 37.0 Å². The largest absolute Gasteiger partial charge is 0.573 e. The van der Waals surface area contributed by atoms with Crippen molar-refractivity contribution in [3.05, 3.63) is 59.7 Å². The molecule has 0 fully saturated rings.